The third kappa shape index (κ3) is 5.34. The number of phenols is 1. The van der Waals surface area contributed by atoms with Crippen LogP contribution in [0.5, 0.6) is 5.75 Å². The van der Waals surface area contributed by atoms with E-state index in [2.05, 4.69) is 39.8 Å². The van der Waals surface area contributed by atoms with Crippen molar-refractivity contribution in [1.82, 2.24) is 0 Å². The van der Waals surface area contributed by atoms with E-state index >= 15 is 0 Å². The van der Waals surface area contributed by atoms with Crippen molar-refractivity contribution in [3.05, 3.63) is 29.3 Å². The van der Waals surface area contributed by atoms with Gasteiger partial charge in [-0.2, -0.15) is 0 Å². The van der Waals surface area contributed by atoms with Crippen LogP contribution in [0.25, 0.3) is 0 Å². The van der Waals surface area contributed by atoms with E-state index in [1.807, 2.05) is 6.07 Å². The van der Waals surface area contributed by atoms with Gasteiger partial charge in [0.15, 0.2) is 0 Å². The normalized spacial score (nSPS) is 21.2. The molecule has 0 spiro atoms. The van der Waals surface area contributed by atoms with Crippen LogP contribution >= 0.6 is 0 Å². The standard InChI is InChI=1S/C24H38O2/c1-5-7-8-9-15-24(3,4)19-12-14-21(23(26)16-19)22-17-20(25)13-11-18(22)10-6-2/h12,14,16,18,22,26H,5-11,13,15,17H2,1-4H3. The summed E-state index contributed by atoms with van der Waals surface area (Å²) >= 11 is 0. The highest BCUT2D eigenvalue weighted by molar-refractivity contribution is 5.80. The fourth-order valence-electron chi connectivity index (χ4n) is 4.56. The number of unbranched alkanes of at least 4 members (excludes halogenated alkanes) is 3. The fourth-order valence-corrected chi connectivity index (χ4v) is 4.56. The van der Waals surface area contributed by atoms with Crippen LogP contribution < -0.4 is 0 Å². The Balaban J connectivity index is 2.15. The van der Waals surface area contributed by atoms with E-state index in [0.29, 0.717) is 30.3 Å². The molecule has 1 saturated carbocycles. The lowest BCUT2D eigenvalue weighted by Crippen LogP contribution is -2.24. The molecule has 1 fully saturated rings. The summed E-state index contributed by atoms with van der Waals surface area (Å²) in [6, 6.07) is 6.26. The number of benzene rings is 1. The number of rotatable bonds is 9. The van der Waals surface area contributed by atoms with Gasteiger partial charge in [-0.05, 0) is 47.3 Å². The van der Waals surface area contributed by atoms with Crippen LogP contribution in [-0.4, -0.2) is 10.9 Å². The van der Waals surface area contributed by atoms with Crippen molar-refractivity contribution in [2.75, 3.05) is 0 Å². The minimum absolute atomic E-state index is 0.0783. The van der Waals surface area contributed by atoms with Gasteiger partial charge < -0.3 is 5.11 Å². The lowest BCUT2D eigenvalue weighted by Gasteiger charge is -2.32. The molecule has 0 saturated heterocycles. The van der Waals surface area contributed by atoms with E-state index < -0.39 is 0 Å². The minimum Gasteiger partial charge on any atom is -0.508 e. The molecule has 1 aromatic rings. The lowest BCUT2D eigenvalue weighted by atomic mass is 9.72. The Kier molecular flexibility index (Phi) is 7.73. The maximum atomic E-state index is 12.0. The van der Waals surface area contributed by atoms with Gasteiger partial charge in [0.05, 0.1) is 0 Å². The number of aromatic hydroxyl groups is 1. The van der Waals surface area contributed by atoms with Crippen molar-refractivity contribution in [3.63, 3.8) is 0 Å². The molecule has 146 valence electrons. The van der Waals surface area contributed by atoms with Crippen LogP contribution in [-0.2, 0) is 10.2 Å². The Morgan fingerprint density at radius 2 is 1.88 bits per heavy atom. The van der Waals surface area contributed by atoms with E-state index in [9.17, 15) is 9.90 Å². The Morgan fingerprint density at radius 1 is 1.12 bits per heavy atom. The first kappa shape index (κ1) is 21.0. The molecule has 0 heterocycles. The number of Topliss-reactive ketones (excluding diaryl/α,β-unsaturated/α-hetero) is 1. The number of carbonyl (C=O) groups excluding carboxylic acids is 1. The molecule has 2 rings (SSSR count). The van der Waals surface area contributed by atoms with E-state index in [4.69, 9.17) is 0 Å². The summed E-state index contributed by atoms with van der Waals surface area (Å²) in [5, 5.41) is 10.8. The minimum atomic E-state index is 0.0783. The van der Waals surface area contributed by atoms with Crippen LogP contribution in [0.2, 0.25) is 0 Å². The Bertz CT molecular complexity index is 588. The van der Waals surface area contributed by atoms with Crippen LogP contribution in [0.1, 0.15) is 109 Å². The van der Waals surface area contributed by atoms with Crippen molar-refractivity contribution in [3.8, 4) is 5.75 Å². The van der Waals surface area contributed by atoms with Gasteiger partial charge in [-0.3, -0.25) is 4.79 Å². The lowest BCUT2D eigenvalue weighted by molar-refractivity contribution is -0.121. The molecule has 1 aromatic carbocycles. The molecular weight excluding hydrogens is 320 g/mol. The second-order valence-corrected chi connectivity index (χ2v) is 8.90. The molecule has 1 aliphatic rings. The molecule has 2 heteroatoms. The van der Waals surface area contributed by atoms with E-state index in [-0.39, 0.29) is 11.3 Å². The van der Waals surface area contributed by atoms with Gasteiger partial charge in [0.25, 0.3) is 0 Å². The average molecular weight is 359 g/mol. The predicted molar refractivity (Wildman–Crippen MR) is 110 cm³/mol. The molecule has 0 amide bonds. The van der Waals surface area contributed by atoms with Crippen LogP contribution in [0.3, 0.4) is 0 Å². The number of hydrogen-bond acceptors (Lipinski definition) is 2. The Morgan fingerprint density at radius 3 is 2.54 bits per heavy atom. The van der Waals surface area contributed by atoms with Gasteiger partial charge in [0.1, 0.15) is 11.5 Å². The van der Waals surface area contributed by atoms with Gasteiger partial charge in [-0.25, -0.2) is 0 Å². The second kappa shape index (κ2) is 9.58. The summed E-state index contributed by atoms with van der Waals surface area (Å²) in [6.45, 7) is 9.00. The largest absolute Gasteiger partial charge is 0.508 e. The molecule has 2 unspecified atom stereocenters. The highest BCUT2D eigenvalue weighted by Crippen LogP contribution is 2.43. The number of carbonyl (C=O) groups is 1. The van der Waals surface area contributed by atoms with Crippen molar-refractivity contribution in [1.29, 1.82) is 0 Å². The van der Waals surface area contributed by atoms with Gasteiger partial charge in [-0.1, -0.05) is 78.4 Å². The van der Waals surface area contributed by atoms with Crippen LogP contribution in [0, 0.1) is 5.92 Å². The zero-order valence-electron chi connectivity index (χ0n) is 17.3. The molecule has 1 aliphatic carbocycles. The van der Waals surface area contributed by atoms with Crippen molar-refractivity contribution in [2.45, 2.75) is 103 Å². The highest BCUT2D eigenvalue weighted by atomic mass is 16.3. The highest BCUT2D eigenvalue weighted by Gasteiger charge is 2.32. The van der Waals surface area contributed by atoms with Crippen molar-refractivity contribution in [2.24, 2.45) is 5.92 Å². The first-order chi connectivity index (χ1) is 12.4. The van der Waals surface area contributed by atoms with Crippen LogP contribution in [0.4, 0.5) is 0 Å². The number of ketones is 1. The zero-order valence-corrected chi connectivity index (χ0v) is 17.3. The smallest absolute Gasteiger partial charge is 0.133 e. The Labute approximate surface area is 160 Å². The molecule has 2 atom stereocenters. The molecule has 0 bridgehead atoms. The van der Waals surface area contributed by atoms with Gasteiger partial charge in [-0.15, -0.1) is 0 Å². The summed E-state index contributed by atoms with van der Waals surface area (Å²) < 4.78 is 0. The van der Waals surface area contributed by atoms with Gasteiger partial charge in [0, 0.05) is 12.8 Å². The summed E-state index contributed by atoms with van der Waals surface area (Å²) in [5.74, 6) is 1.46. The maximum Gasteiger partial charge on any atom is 0.133 e. The number of hydrogen-bond donors (Lipinski definition) is 1. The topological polar surface area (TPSA) is 37.3 Å². The maximum absolute atomic E-state index is 12.0. The van der Waals surface area contributed by atoms with Crippen molar-refractivity contribution < 1.29 is 9.90 Å². The molecule has 0 radical (unpaired) electrons. The fraction of sp³-hybridized carbons (Fsp3) is 0.708. The van der Waals surface area contributed by atoms with E-state index in [1.165, 1.54) is 31.2 Å². The molecular formula is C24H38O2. The summed E-state index contributed by atoms with van der Waals surface area (Å²) in [5.41, 5.74) is 2.28. The summed E-state index contributed by atoms with van der Waals surface area (Å²) in [6.07, 6.45) is 10.8. The zero-order chi connectivity index (χ0) is 19.2. The van der Waals surface area contributed by atoms with Crippen LogP contribution in [0.15, 0.2) is 18.2 Å². The third-order valence-corrected chi connectivity index (χ3v) is 6.34. The third-order valence-electron chi connectivity index (χ3n) is 6.34. The average Bonchev–Trinajstić information content (AvgIpc) is 2.60. The number of phenolic OH excluding ortho intramolecular Hbond substituents is 1. The first-order valence-electron chi connectivity index (χ1n) is 10.7. The van der Waals surface area contributed by atoms with Crippen molar-refractivity contribution >= 4 is 5.78 Å². The molecule has 2 nitrogen and oxygen atoms in total. The summed E-state index contributed by atoms with van der Waals surface area (Å²) in [7, 11) is 0. The molecule has 0 aromatic heterocycles. The second-order valence-electron chi connectivity index (χ2n) is 8.90. The molecule has 0 aliphatic heterocycles. The predicted octanol–water partition coefficient (Wildman–Crippen LogP) is 6.89. The molecule has 1 N–H and O–H groups in total. The monoisotopic (exact) mass is 358 g/mol. The SMILES string of the molecule is CCCCCCC(C)(C)c1ccc(C2CC(=O)CCC2CCC)c(O)c1. The van der Waals surface area contributed by atoms with Gasteiger partial charge >= 0.3 is 0 Å². The quantitative estimate of drug-likeness (QED) is 0.488. The first-order valence-corrected chi connectivity index (χ1v) is 10.7. The van der Waals surface area contributed by atoms with E-state index in [1.54, 1.807) is 0 Å². The molecule has 26 heavy (non-hydrogen) atoms. The summed E-state index contributed by atoms with van der Waals surface area (Å²) in [4.78, 5) is 12.0. The van der Waals surface area contributed by atoms with E-state index in [0.717, 1.165) is 31.2 Å². The Hall–Kier alpha value is -1.31. The van der Waals surface area contributed by atoms with Gasteiger partial charge in [0.2, 0.25) is 0 Å².